The van der Waals surface area contributed by atoms with Crippen LogP contribution in [0.5, 0.6) is 0 Å². The fourth-order valence-electron chi connectivity index (χ4n) is 4.10. The minimum absolute atomic E-state index is 0.0494. The molecule has 30 heavy (non-hydrogen) atoms. The van der Waals surface area contributed by atoms with E-state index < -0.39 is 0 Å². The zero-order valence-corrected chi connectivity index (χ0v) is 17.2. The Morgan fingerprint density at radius 1 is 0.867 bits per heavy atom. The van der Waals surface area contributed by atoms with E-state index >= 15 is 0 Å². The number of rotatable bonds is 3. The maximum atomic E-state index is 12.9. The van der Waals surface area contributed by atoms with Crippen molar-refractivity contribution in [3.05, 3.63) is 48.5 Å². The molecule has 0 unspecified atom stereocenters. The number of amides is 1. The number of hydrogen-bond acceptors (Lipinski definition) is 7. The Hall–Kier alpha value is -3.13. The van der Waals surface area contributed by atoms with Gasteiger partial charge in [0, 0.05) is 63.8 Å². The number of benzene rings is 1. The lowest BCUT2D eigenvalue weighted by Crippen LogP contribution is -2.49. The number of aromatic nitrogens is 2. The number of fused-ring (bicyclic) bond motifs is 1. The minimum Gasteiger partial charge on any atom is -0.451 e. The molecule has 2 fully saturated rings. The van der Waals surface area contributed by atoms with Crippen molar-refractivity contribution in [2.45, 2.75) is 0 Å². The van der Waals surface area contributed by atoms with Crippen LogP contribution in [0.4, 0.5) is 11.6 Å². The molecule has 0 bridgehead atoms. The summed E-state index contributed by atoms with van der Waals surface area (Å²) in [5.41, 5.74) is 0.747. The number of para-hydroxylation sites is 1. The third-order valence-corrected chi connectivity index (χ3v) is 5.99. The van der Waals surface area contributed by atoms with Crippen molar-refractivity contribution < 1.29 is 9.21 Å². The zero-order chi connectivity index (χ0) is 20.5. The third kappa shape index (κ3) is 3.70. The lowest BCUT2D eigenvalue weighted by molar-refractivity contribution is 0.0717. The highest BCUT2D eigenvalue weighted by Crippen LogP contribution is 2.23. The standard InChI is InChI=1S/C22H26N6O2/c1-25-6-8-26(9-7-25)20-15-21(24-16-23-20)27-10-12-28(13-11-27)22(29)19-14-17-4-2-3-5-18(17)30-19/h2-5,14-16H,6-13H2,1H3. The average Bonchev–Trinajstić information content (AvgIpc) is 3.24. The highest BCUT2D eigenvalue weighted by atomic mass is 16.3. The van der Waals surface area contributed by atoms with Crippen LogP contribution in [0.1, 0.15) is 10.6 Å². The van der Waals surface area contributed by atoms with Gasteiger partial charge in [0.2, 0.25) is 0 Å². The Labute approximate surface area is 175 Å². The van der Waals surface area contributed by atoms with E-state index in [9.17, 15) is 4.79 Å². The fraction of sp³-hybridized carbons (Fsp3) is 0.409. The molecule has 2 saturated heterocycles. The summed E-state index contributed by atoms with van der Waals surface area (Å²) in [5.74, 6) is 2.26. The summed E-state index contributed by atoms with van der Waals surface area (Å²) in [6.07, 6.45) is 1.65. The third-order valence-electron chi connectivity index (χ3n) is 5.99. The number of nitrogens with zero attached hydrogens (tertiary/aromatic N) is 6. The van der Waals surface area contributed by atoms with E-state index in [2.05, 4.69) is 37.8 Å². The summed E-state index contributed by atoms with van der Waals surface area (Å²) in [6, 6.07) is 11.6. The van der Waals surface area contributed by atoms with Crippen molar-refractivity contribution in [3.8, 4) is 0 Å². The molecule has 5 rings (SSSR count). The molecular weight excluding hydrogens is 380 g/mol. The zero-order valence-electron chi connectivity index (χ0n) is 17.2. The van der Waals surface area contributed by atoms with E-state index in [0.717, 1.165) is 61.9 Å². The summed E-state index contributed by atoms with van der Waals surface area (Å²) < 4.78 is 5.75. The Kier molecular flexibility index (Phi) is 5.00. The van der Waals surface area contributed by atoms with Gasteiger partial charge in [-0.05, 0) is 19.2 Å². The van der Waals surface area contributed by atoms with Crippen LogP contribution in [0.25, 0.3) is 11.0 Å². The van der Waals surface area contributed by atoms with Gasteiger partial charge >= 0.3 is 0 Å². The van der Waals surface area contributed by atoms with E-state index in [-0.39, 0.29) is 5.91 Å². The van der Waals surface area contributed by atoms with Gasteiger partial charge in [0.05, 0.1) is 0 Å². The molecule has 8 nitrogen and oxygen atoms in total. The first-order valence-corrected chi connectivity index (χ1v) is 10.5. The van der Waals surface area contributed by atoms with Gasteiger partial charge < -0.3 is 24.0 Å². The summed E-state index contributed by atoms with van der Waals surface area (Å²) in [5, 5.41) is 0.955. The van der Waals surface area contributed by atoms with E-state index in [0.29, 0.717) is 18.8 Å². The molecule has 3 aromatic rings. The molecule has 2 aliphatic rings. The Balaban J connectivity index is 1.23. The van der Waals surface area contributed by atoms with Crippen LogP contribution in [-0.4, -0.2) is 85.1 Å². The average molecular weight is 406 g/mol. The molecule has 0 atom stereocenters. The van der Waals surface area contributed by atoms with Crippen LogP contribution >= 0.6 is 0 Å². The van der Waals surface area contributed by atoms with Crippen LogP contribution in [0.2, 0.25) is 0 Å². The van der Waals surface area contributed by atoms with Crippen LogP contribution in [0.15, 0.2) is 47.1 Å². The molecule has 0 aliphatic carbocycles. The maximum absolute atomic E-state index is 12.9. The van der Waals surface area contributed by atoms with E-state index in [4.69, 9.17) is 4.42 Å². The summed E-state index contributed by atoms with van der Waals surface area (Å²) in [4.78, 5) is 30.6. The van der Waals surface area contributed by atoms with Gasteiger partial charge in [-0.15, -0.1) is 0 Å². The summed E-state index contributed by atoms with van der Waals surface area (Å²) in [6.45, 7) is 6.81. The monoisotopic (exact) mass is 406 g/mol. The normalized spacial score (nSPS) is 18.2. The molecule has 2 aromatic heterocycles. The van der Waals surface area contributed by atoms with Crippen molar-refractivity contribution in [1.29, 1.82) is 0 Å². The maximum Gasteiger partial charge on any atom is 0.289 e. The molecule has 2 aliphatic heterocycles. The second kappa shape index (κ2) is 7.95. The van der Waals surface area contributed by atoms with Crippen molar-refractivity contribution in [1.82, 2.24) is 19.8 Å². The van der Waals surface area contributed by atoms with Crippen molar-refractivity contribution in [2.24, 2.45) is 0 Å². The molecule has 0 spiro atoms. The molecule has 0 saturated carbocycles. The molecule has 1 amide bonds. The lowest BCUT2D eigenvalue weighted by atomic mass is 10.2. The number of carbonyl (C=O) groups excluding carboxylic acids is 1. The largest absolute Gasteiger partial charge is 0.451 e. The van der Waals surface area contributed by atoms with Gasteiger partial charge in [-0.3, -0.25) is 4.79 Å². The predicted octanol–water partition coefficient (Wildman–Crippen LogP) is 1.94. The van der Waals surface area contributed by atoms with Crippen LogP contribution in [-0.2, 0) is 0 Å². The first-order valence-electron chi connectivity index (χ1n) is 10.5. The minimum atomic E-state index is -0.0494. The molecule has 4 heterocycles. The molecule has 0 N–H and O–H groups in total. The Morgan fingerprint density at radius 2 is 1.50 bits per heavy atom. The first kappa shape index (κ1) is 18.9. The number of piperazine rings is 2. The number of hydrogen-bond donors (Lipinski definition) is 0. The smallest absolute Gasteiger partial charge is 0.289 e. The number of anilines is 2. The van der Waals surface area contributed by atoms with Gasteiger partial charge in [0.25, 0.3) is 5.91 Å². The summed E-state index contributed by atoms with van der Waals surface area (Å²) >= 11 is 0. The second-order valence-corrected chi connectivity index (χ2v) is 7.95. The number of furan rings is 1. The first-order chi connectivity index (χ1) is 14.7. The number of likely N-dealkylation sites (N-methyl/N-ethyl adjacent to an activating group) is 1. The second-order valence-electron chi connectivity index (χ2n) is 7.95. The van der Waals surface area contributed by atoms with Crippen LogP contribution in [0, 0.1) is 0 Å². The molecule has 8 heteroatoms. The highest BCUT2D eigenvalue weighted by Gasteiger charge is 2.26. The predicted molar refractivity (Wildman–Crippen MR) is 116 cm³/mol. The van der Waals surface area contributed by atoms with E-state index in [1.807, 2.05) is 35.2 Å². The van der Waals surface area contributed by atoms with Crippen molar-refractivity contribution in [3.63, 3.8) is 0 Å². The van der Waals surface area contributed by atoms with Crippen LogP contribution < -0.4 is 9.80 Å². The van der Waals surface area contributed by atoms with Crippen molar-refractivity contribution in [2.75, 3.05) is 69.2 Å². The molecule has 0 radical (unpaired) electrons. The Morgan fingerprint density at radius 3 is 2.17 bits per heavy atom. The molecule has 156 valence electrons. The highest BCUT2D eigenvalue weighted by molar-refractivity contribution is 5.96. The number of carbonyl (C=O) groups is 1. The van der Waals surface area contributed by atoms with Gasteiger partial charge in [-0.2, -0.15) is 0 Å². The quantitative estimate of drug-likeness (QED) is 0.658. The Bertz CT molecular complexity index is 1000. The van der Waals surface area contributed by atoms with Crippen LogP contribution in [0.3, 0.4) is 0 Å². The van der Waals surface area contributed by atoms with E-state index in [1.54, 1.807) is 6.33 Å². The molecule has 1 aromatic carbocycles. The van der Waals surface area contributed by atoms with Gasteiger partial charge in [-0.1, -0.05) is 18.2 Å². The summed E-state index contributed by atoms with van der Waals surface area (Å²) in [7, 11) is 2.15. The lowest BCUT2D eigenvalue weighted by Gasteiger charge is -2.36. The molecular formula is C22H26N6O2. The van der Waals surface area contributed by atoms with Gasteiger partial charge in [-0.25, -0.2) is 9.97 Å². The SMILES string of the molecule is CN1CCN(c2cc(N3CCN(C(=O)c4cc5ccccc5o4)CC3)ncn2)CC1. The fourth-order valence-corrected chi connectivity index (χ4v) is 4.10. The van der Waals surface area contributed by atoms with E-state index in [1.165, 1.54) is 0 Å². The van der Waals surface area contributed by atoms with Gasteiger partial charge in [0.15, 0.2) is 5.76 Å². The van der Waals surface area contributed by atoms with Crippen molar-refractivity contribution >= 4 is 28.5 Å². The topological polar surface area (TPSA) is 69.0 Å². The van der Waals surface area contributed by atoms with Gasteiger partial charge in [0.1, 0.15) is 23.5 Å².